The fraction of sp³-hybridized carbons (Fsp3) is 0.333. The van der Waals surface area contributed by atoms with Crippen molar-refractivity contribution in [3.05, 3.63) is 59.5 Å². The predicted octanol–water partition coefficient (Wildman–Crippen LogP) is 3.09. The van der Waals surface area contributed by atoms with Crippen LogP contribution in [0.3, 0.4) is 0 Å². The summed E-state index contributed by atoms with van der Waals surface area (Å²) in [4.78, 5) is 0. The van der Waals surface area contributed by atoms with Crippen LogP contribution in [0.2, 0.25) is 0 Å². The molecule has 1 heterocycles. The fourth-order valence-electron chi connectivity index (χ4n) is 2.01. The molecule has 0 saturated heterocycles. The van der Waals surface area contributed by atoms with Crippen molar-refractivity contribution < 1.29 is 4.42 Å². The van der Waals surface area contributed by atoms with Gasteiger partial charge in [0.05, 0.1) is 6.26 Å². The molecule has 0 radical (unpaired) electrons. The minimum absolute atomic E-state index is 0.168. The zero-order valence-corrected chi connectivity index (χ0v) is 10.2. The van der Waals surface area contributed by atoms with E-state index in [1.807, 2.05) is 12.1 Å². The lowest BCUT2D eigenvalue weighted by Gasteiger charge is -2.10. The highest BCUT2D eigenvalue weighted by atomic mass is 16.3. The first kappa shape index (κ1) is 11.9. The van der Waals surface area contributed by atoms with Crippen LogP contribution in [0, 0.1) is 6.92 Å². The van der Waals surface area contributed by atoms with Crippen LogP contribution in [0.5, 0.6) is 0 Å². The van der Waals surface area contributed by atoms with E-state index < -0.39 is 0 Å². The van der Waals surface area contributed by atoms with E-state index in [0.717, 1.165) is 25.0 Å². The van der Waals surface area contributed by atoms with Crippen LogP contribution in [0.15, 0.2) is 47.1 Å². The molecule has 2 rings (SSSR count). The highest BCUT2D eigenvalue weighted by Crippen LogP contribution is 2.10. The summed E-state index contributed by atoms with van der Waals surface area (Å²) in [5.41, 5.74) is 8.76. The number of benzene rings is 1. The van der Waals surface area contributed by atoms with Crippen LogP contribution in [-0.2, 0) is 12.8 Å². The highest BCUT2D eigenvalue weighted by molar-refractivity contribution is 5.22. The molecule has 0 spiro atoms. The summed E-state index contributed by atoms with van der Waals surface area (Å²) in [6.07, 6.45) is 4.54. The van der Waals surface area contributed by atoms with E-state index in [4.69, 9.17) is 10.2 Å². The molecule has 0 amide bonds. The maximum Gasteiger partial charge on any atom is 0.105 e. The molecule has 2 heteroatoms. The molecular weight excluding hydrogens is 210 g/mol. The summed E-state index contributed by atoms with van der Waals surface area (Å²) in [5, 5.41) is 0. The van der Waals surface area contributed by atoms with Crippen molar-refractivity contribution in [1.29, 1.82) is 0 Å². The molecule has 0 bridgehead atoms. The molecule has 1 aromatic carbocycles. The maximum atomic E-state index is 6.09. The summed E-state index contributed by atoms with van der Waals surface area (Å²) in [6.45, 7) is 2.12. The maximum absolute atomic E-state index is 6.09. The third kappa shape index (κ3) is 3.75. The molecule has 1 aromatic heterocycles. The highest BCUT2D eigenvalue weighted by Gasteiger charge is 2.06. The van der Waals surface area contributed by atoms with Gasteiger partial charge in [0, 0.05) is 12.5 Å². The number of nitrogens with two attached hydrogens (primary N) is 1. The Morgan fingerprint density at radius 3 is 2.82 bits per heavy atom. The molecular formula is C15H19NO. The van der Waals surface area contributed by atoms with E-state index in [2.05, 4.69) is 31.2 Å². The normalized spacial score (nSPS) is 12.6. The molecule has 1 atom stereocenters. The zero-order valence-electron chi connectivity index (χ0n) is 10.2. The lowest BCUT2D eigenvalue weighted by molar-refractivity contribution is 0.474. The number of rotatable bonds is 5. The molecule has 0 aliphatic heterocycles. The van der Waals surface area contributed by atoms with E-state index in [0.29, 0.717) is 0 Å². The monoisotopic (exact) mass is 229 g/mol. The Bertz CT molecular complexity index is 448. The SMILES string of the molecule is Cc1cccc(CCC(N)Cc2ccco2)c1. The average molecular weight is 229 g/mol. The summed E-state index contributed by atoms with van der Waals surface area (Å²) in [6, 6.07) is 12.7. The van der Waals surface area contributed by atoms with Gasteiger partial charge in [-0.3, -0.25) is 0 Å². The van der Waals surface area contributed by atoms with Crippen LogP contribution in [0.4, 0.5) is 0 Å². The van der Waals surface area contributed by atoms with Crippen molar-refractivity contribution in [2.75, 3.05) is 0 Å². The second-order valence-corrected chi connectivity index (χ2v) is 4.57. The van der Waals surface area contributed by atoms with Crippen molar-refractivity contribution in [3.63, 3.8) is 0 Å². The van der Waals surface area contributed by atoms with E-state index in [9.17, 15) is 0 Å². The lowest BCUT2D eigenvalue weighted by atomic mass is 10.0. The van der Waals surface area contributed by atoms with Gasteiger partial charge in [0.15, 0.2) is 0 Å². The van der Waals surface area contributed by atoms with E-state index >= 15 is 0 Å². The van der Waals surface area contributed by atoms with Gasteiger partial charge in [0.1, 0.15) is 5.76 Å². The van der Waals surface area contributed by atoms with Gasteiger partial charge >= 0.3 is 0 Å². The molecule has 0 fully saturated rings. The van der Waals surface area contributed by atoms with Gasteiger partial charge in [-0.2, -0.15) is 0 Å². The Morgan fingerprint density at radius 2 is 2.12 bits per heavy atom. The van der Waals surface area contributed by atoms with Crippen LogP contribution in [-0.4, -0.2) is 6.04 Å². The first-order valence-electron chi connectivity index (χ1n) is 6.07. The topological polar surface area (TPSA) is 39.2 Å². The largest absolute Gasteiger partial charge is 0.469 e. The summed E-state index contributed by atoms with van der Waals surface area (Å²) >= 11 is 0. The average Bonchev–Trinajstić information content (AvgIpc) is 2.79. The van der Waals surface area contributed by atoms with E-state index in [-0.39, 0.29) is 6.04 Å². The van der Waals surface area contributed by atoms with Crippen LogP contribution in [0.1, 0.15) is 23.3 Å². The minimum Gasteiger partial charge on any atom is -0.469 e. The number of hydrogen-bond donors (Lipinski definition) is 1. The number of furan rings is 1. The van der Waals surface area contributed by atoms with Crippen molar-refractivity contribution in [1.82, 2.24) is 0 Å². The van der Waals surface area contributed by atoms with Gasteiger partial charge in [-0.15, -0.1) is 0 Å². The van der Waals surface area contributed by atoms with Gasteiger partial charge in [0.2, 0.25) is 0 Å². The third-order valence-electron chi connectivity index (χ3n) is 2.93. The van der Waals surface area contributed by atoms with Gasteiger partial charge < -0.3 is 10.2 Å². The third-order valence-corrected chi connectivity index (χ3v) is 2.93. The second kappa shape index (κ2) is 5.69. The molecule has 0 aliphatic rings. The van der Waals surface area contributed by atoms with Crippen molar-refractivity contribution >= 4 is 0 Å². The first-order chi connectivity index (χ1) is 8.24. The van der Waals surface area contributed by atoms with Crippen LogP contribution >= 0.6 is 0 Å². The zero-order chi connectivity index (χ0) is 12.1. The molecule has 2 aromatic rings. The Morgan fingerprint density at radius 1 is 1.24 bits per heavy atom. The van der Waals surface area contributed by atoms with Crippen molar-refractivity contribution in [2.45, 2.75) is 32.2 Å². The second-order valence-electron chi connectivity index (χ2n) is 4.57. The number of aryl methyl sites for hydroxylation is 2. The Labute approximate surface area is 102 Å². The van der Waals surface area contributed by atoms with Crippen molar-refractivity contribution in [3.8, 4) is 0 Å². The molecule has 2 N–H and O–H groups in total. The summed E-state index contributed by atoms with van der Waals surface area (Å²) in [5.74, 6) is 0.974. The standard InChI is InChI=1S/C15H19NO/c1-12-4-2-5-13(10-12)7-8-14(16)11-15-6-3-9-17-15/h2-6,9-10,14H,7-8,11,16H2,1H3. The molecule has 1 unspecified atom stereocenters. The lowest BCUT2D eigenvalue weighted by Crippen LogP contribution is -2.23. The van der Waals surface area contributed by atoms with Gasteiger partial charge in [-0.05, 0) is 37.5 Å². The smallest absolute Gasteiger partial charge is 0.105 e. The van der Waals surface area contributed by atoms with Crippen molar-refractivity contribution in [2.24, 2.45) is 5.73 Å². The van der Waals surface area contributed by atoms with E-state index in [1.54, 1.807) is 6.26 Å². The molecule has 2 nitrogen and oxygen atoms in total. The summed E-state index contributed by atoms with van der Waals surface area (Å²) < 4.78 is 5.30. The fourth-order valence-corrected chi connectivity index (χ4v) is 2.01. The Balaban J connectivity index is 1.82. The summed E-state index contributed by atoms with van der Waals surface area (Å²) in [7, 11) is 0. The Hall–Kier alpha value is -1.54. The first-order valence-corrected chi connectivity index (χ1v) is 6.07. The molecule has 0 aliphatic carbocycles. The molecule has 0 saturated carbocycles. The molecule has 17 heavy (non-hydrogen) atoms. The van der Waals surface area contributed by atoms with Gasteiger partial charge in [-0.25, -0.2) is 0 Å². The molecule has 90 valence electrons. The van der Waals surface area contributed by atoms with Crippen LogP contribution in [0.25, 0.3) is 0 Å². The van der Waals surface area contributed by atoms with Gasteiger partial charge in [-0.1, -0.05) is 29.8 Å². The van der Waals surface area contributed by atoms with Crippen LogP contribution < -0.4 is 5.73 Å². The van der Waals surface area contributed by atoms with E-state index in [1.165, 1.54) is 11.1 Å². The minimum atomic E-state index is 0.168. The number of hydrogen-bond acceptors (Lipinski definition) is 2. The van der Waals surface area contributed by atoms with Gasteiger partial charge in [0.25, 0.3) is 0 Å². The Kier molecular flexibility index (Phi) is 3.99. The predicted molar refractivity (Wildman–Crippen MR) is 69.9 cm³/mol. The quantitative estimate of drug-likeness (QED) is 0.855.